The largest absolute Gasteiger partial charge is 0.497 e. The number of esters is 1. The average Bonchev–Trinajstić information content (AvgIpc) is 3.46. The second-order valence-electron chi connectivity index (χ2n) is 9.36. The van der Waals surface area contributed by atoms with Crippen LogP contribution in [0.5, 0.6) is 5.75 Å². The Morgan fingerprint density at radius 3 is 2.46 bits per heavy atom. The third kappa shape index (κ3) is 2.73. The molecule has 3 heterocycles. The van der Waals surface area contributed by atoms with Gasteiger partial charge in [0.2, 0.25) is 11.4 Å². The Morgan fingerprint density at radius 2 is 1.74 bits per heavy atom. The Balaban J connectivity index is 1.62. The van der Waals surface area contributed by atoms with Crippen molar-refractivity contribution in [3.63, 3.8) is 0 Å². The van der Waals surface area contributed by atoms with E-state index in [1.54, 1.807) is 7.11 Å². The SMILES string of the molecule is COc1ccc([C@@H]2CN(C)[C@@]3(C(=O)Nc4ccccc43)[C@]23N=C(c2ccc(C)cc2)OC3=O)cc1. The molecule has 1 N–H and O–H groups in total. The van der Waals surface area contributed by atoms with Crippen LogP contribution in [-0.2, 0) is 19.9 Å². The van der Waals surface area contributed by atoms with Gasteiger partial charge < -0.3 is 14.8 Å². The molecule has 176 valence electrons. The number of rotatable bonds is 3. The van der Waals surface area contributed by atoms with Crippen LogP contribution in [0, 0.1) is 6.92 Å². The fourth-order valence-electron chi connectivity index (χ4n) is 5.93. The summed E-state index contributed by atoms with van der Waals surface area (Å²) in [5, 5.41) is 3.01. The standard InChI is InChI=1S/C28H25N3O4/c1-17-8-10-19(11-9-17)24-30-27(26(33)35-24)22(18-12-14-20(34-3)15-13-18)16-31(2)28(27)21-6-4-5-7-23(21)29-25(28)32/h4-15,22H,16H2,1-3H3,(H,29,32)/t22-,27-,28-/m0/s1. The number of carbonyl (C=O) groups excluding carboxylic acids is 2. The lowest BCUT2D eigenvalue weighted by Gasteiger charge is -2.39. The Kier molecular flexibility index (Phi) is 4.63. The van der Waals surface area contributed by atoms with Gasteiger partial charge in [0.05, 0.1) is 7.11 Å². The number of ether oxygens (including phenoxy) is 2. The summed E-state index contributed by atoms with van der Waals surface area (Å²) in [4.78, 5) is 34.9. The first-order chi connectivity index (χ1) is 16.9. The minimum atomic E-state index is -1.51. The molecule has 3 aromatic carbocycles. The van der Waals surface area contributed by atoms with Crippen LogP contribution >= 0.6 is 0 Å². The molecule has 3 atom stereocenters. The van der Waals surface area contributed by atoms with E-state index in [-0.39, 0.29) is 11.8 Å². The zero-order chi connectivity index (χ0) is 24.4. The van der Waals surface area contributed by atoms with Gasteiger partial charge in [-0.2, -0.15) is 0 Å². The number of amides is 1. The summed E-state index contributed by atoms with van der Waals surface area (Å²) in [6, 6.07) is 22.8. The maximum absolute atomic E-state index is 14.0. The van der Waals surface area contributed by atoms with E-state index in [4.69, 9.17) is 14.5 Å². The van der Waals surface area contributed by atoms with Gasteiger partial charge in [0.1, 0.15) is 5.75 Å². The highest BCUT2D eigenvalue weighted by atomic mass is 16.6. The number of nitrogens with zero attached hydrogens (tertiary/aromatic N) is 2. The average molecular weight is 468 g/mol. The van der Waals surface area contributed by atoms with Crippen LogP contribution in [0.4, 0.5) is 5.69 Å². The molecule has 7 nitrogen and oxygen atoms in total. The number of hydrogen-bond acceptors (Lipinski definition) is 6. The van der Waals surface area contributed by atoms with Crippen molar-refractivity contribution in [1.29, 1.82) is 0 Å². The van der Waals surface area contributed by atoms with Crippen molar-refractivity contribution in [3.05, 3.63) is 95.1 Å². The molecule has 0 radical (unpaired) electrons. The summed E-state index contributed by atoms with van der Waals surface area (Å²) in [5.41, 5.74) is 1.24. The number of carbonyl (C=O) groups is 2. The first-order valence-electron chi connectivity index (χ1n) is 11.6. The number of methoxy groups -OCH3 is 1. The summed E-state index contributed by atoms with van der Waals surface area (Å²) < 4.78 is 11.2. The van der Waals surface area contributed by atoms with Crippen LogP contribution in [-0.4, -0.2) is 48.9 Å². The summed E-state index contributed by atoms with van der Waals surface area (Å²) in [6.07, 6.45) is 0. The molecule has 1 amide bonds. The van der Waals surface area contributed by atoms with Crippen LogP contribution in [0.15, 0.2) is 77.8 Å². The van der Waals surface area contributed by atoms with Crippen molar-refractivity contribution in [2.75, 3.05) is 26.0 Å². The fourth-order valence-corrected chi connectivity index (χ4v) is 5.93. The second-order valence-corrected chi connectivity index (χ2v) is 9.36. The molecule has 0 aromatic heterocycles. The van der Waals surface area contributed by atoms with E-state index >= 15 is 0 Å². The molecule has 1 fully saturated rings. The molecule has 1 saturated heterocycles. The monoisotopic (exact) mass is 467 g/mol. The van der Waals surface area contributed by atoms with Crippen molar-refractivity contribution in [2.45, 2.75) is 23.9 Å². The Labute approximate surface area is 203 Å². The normalized spacial score (nSPS) is 27.2. The molecule has 3 aromatic rings. The van der Waals surface area contributed by atoms with Gasteiger partial charge in [-0.1, -0.05) is 48.0 Å². The van der Waals surface area contributed by atoms with E-state index in [0.717, 1.165) is 16.7 Å². The van der Waals surface area contributed by atoms with Crippen LogP contribution < -0.4 is 10.1 Å². The van der Waals surface area contributed by atoms with Crippen molar-refractivity contribution < 1.29 is 19.1 Å². The Morgan fingerprint density at radius 1 is 1.03 bits per heavy atom. The van der Waals surface area contributed by atoms with Gasteiger partial charge in [0.25, 0.3) is 5.91 Å². The minimum absolute atomic E-state index is 0.236. The molecule has 0 bridgehead atoms. The number of hydrogen-bond donors (Lipinski definition) is 1. The highest BCUT2D eigenvalue weighted by Crippen LogP contribution is 2.60. The molecule has 0 saturated carbocycles. The predicted molar refractivity (Wildman–Crippen MR) is 132 cm³/mol. The summed E-state index contributed by atoms with van der Waals surface area (Å²) in [5.74, 6) is -0.273. The number of anilines is 1. The highest BCUT2D eigenvalue weighted by molar-refractivity contribution is 6.17. The lowest BCUT2D eigenvalue weighted by Crippen LogP contribution is -2.61. The predicted octanol–water partition coefficient (Wildman–Crippen LogP) is 3.62. The summed E-state index contributed by atoms with van der Waals surface area (Å²) in [7, 11) is 3.49. The third-order valence-electron chi connectivity index (χ3n) is 7.57. The third-order valence-corrected chi connectivity index (χ3v) is 7.57. The van der Waals surface area contributed by atoms with E-state index in [1.165, 1.54) is 0 Å². The number of likely N-dealkylation sites (tertiary alicyclic amines) is 1. The molecule has 3 aliphatic rings. The number of cyclic esters (lactones) is 1. The van der Waals surface area contributed by atoms with Gasteiger partial charge in [-0.05, 0) is 49.9 Å². The molecule has 3 aliphatic heterocycles. The molecule has 0 aliphatic carbocycles. The zero-order valence-corrected chi connectivity index (χ0v) is 19.7. The fraction of sp³-hybridized carbons (Fsp3) is 0.250. The minimum Gasteiger partial charge on any atom is -0.497 e. The smallest absolute Gasteiger partial charge is 0.344 e. The van der Waals surface area contributed by atoms with Crippen LogP contribution in [0.25, 0.3) is 0 Å². The Bertz CT molecular complexity index is 1380. The number of aryl methyl sites for hydroxylation is 1. The van der Waals surface area contributed by atoms with Crippen LogP contribution in [0.3, 0.4) is 0 Å². The summed E-state index contributed by atoms with van der Waals surface area (Å²) >= 11 is 0. The van der Waals surface area contributed by atoms with Gasteiger partial charge >= 0.3 is 5.97 Å². The second kappa shape index (κ2) is 7.52. The number of aliphatic imine (C=N–C) groups is 1. The molecular weight excluding hydrogens is 442 g/mol. The van der Waals surface area contributed by atoms with Crippen molar-refractivity contribution in [1.82, 2.24) is 4.90 Å². The van der Waals surface area contributed by atoms with Gasteiger partial charge in [-0.3, -0.25) is 9.69 Å². The molecule has 6 rings (SSSR count). The molecule has 2 spiro atoms. The quantitative estimate of drug-likeness (QED) is 0.595. The molecule has 35 heavy (non-hydrogen) atoms. The first-order valence-corrected chi connectivity index (χ1v) is 11.6. The topological polar surface area (TPSA) is 80.2 Å². The van der Waals surface area contributed by atoms with Crippen LogP contribution in [0.2, 0.25) is 0 Å². The Hall–Kier alpha value is -3.97. The number of para-hydroxylation sites is 1. The number of benzene rings is 3. The van der Waals surface area contributed by atoms with E-state index in [9.17, 15) is 9.59 Å². The van der Waals surface area contributed by atoms with Crippen molar-refractivity contribution in [2.24, 2.45) is 4.99 Å². The maximum atomic E-state index is 14.0. The molecular formula is C28H25N3O4. The van der Waals surface area contributed by atoms with E-state index in [2.05, 4.69) is 5.32 Å². The van der Waals surface area contributed by atoms with Gasteiger partial charge in [0, 0.05) is 29.3 Å². The number of fused-ring (bicyclic) bond motifs is 3. The first kappa shape index (κ1) is 21.6. The van der Waals surface area contributed by atoms with E-state index < -0.39 is 23.0 Å². The summed E-state index contributed by atoms with van der Waals surface area (Å²) in [6.45, 7) is 2.43. The zero-order valence-electron chi connectivity index (χ0n) is 19.7. The van der Waals surface area contributed by atoms with Crippen LogP contribution in [0.1, 0.15) is 28.2 Å². The van der Waals surface area contributed by atoms with Crippen molar-refractivity contribution in [3.8, 4) is 5.75 Å². The van der Waals surface area contributed by atoms with Crippen molar-refractivity contribution >= 4 is 23.5 Å². The van der Waals surface area contributed by atoms with Gasteiger partial charge in [-0.25, -0.2) is 9.79 Å². The lowest BCUT2D eigenvalue weighted by atomic mass is 9.67. The number of nitrogens with one attached hydrogen (secondary N) is 1. The van der Waals surface area contributed by atoms with E-state index in [1.807, 2.05) is 91.7 Å². The molecule has 0 unspecified atom stereocenters. The van der Waals surface area contributed by atoms with Gasteiger partial charge in [-0.15, -0.1) is 0 Å². The highest BCUT2D eigenvalue weighted by Gasteiger charge is 2.77. The number of likely N-dealkylation sites (N-methyl/N-ethyl adjacent to an activating group) is 1. The molecule has 7 heteroatoms. The van der Waals surface area contributed by atoms with E-state index in [0.29, 0.717) is 23.5 Å². The van der Waals surface area contributed by atoms with Gasteiger partial charge in [0.15, 0.2) is 5.54 Å². The maximum Gasteiger partial charge on any atom is 0.344 e. The lowest BCUT2D eigenvalue weighted by molar-refractivity contribution is -0.147.